The highest BCUT2D eigenvalue weighted by Crippen LogP contribution is 2.32. The summed E-state index contributed by atoms with van der Waals surface area (Å²) in [6, 6.07) is 5.50. The molecule has 0 aliphatic carbocycles. The number of allylic oxidation sites excluding steroid dienone is 1. The van der Waals surface area contributed by atoms with Crippen molar-refractivity contribution < 1.29 is 19.0 Å². The molecule has 0 saturated heterocycles. The molecule has 1 aromatic rings. The maximum atomic E-state index is 10.9. The zero-order valence-corrected chi connectivity index (χ0v) is 9.60. The maximum absolute atomic E-state index is 10.9. The molecule has 0 N–H and O–H groups in total. The fourth-order valence-corrected chi connectivity index (χ4v) is 1.59. The molecule has 17 heavy (non-hydrogen) atoms. The summed E-state index contributed by atoms with van der Waals surface area (Å²) in [5.74, 6) is 1.37. The number of benzene rings is 1. The van der Waals surface area contributed by atoms with Gasteiger partial charge in [0.2, 0.25) is 0 Å². The smallest absolute Gasteiger partial charge is 0.336 e. The van der Waals surface area contributed by atoms with Crippen molar-refractivity contribution in [2.45, 2.75) is 0 Å². The fraction of sp³-hybridized carbons (Fsp3) is 0.154. The average molecular weight is 232 g/mol. The van der Waals surface area contributed by atoms with Gasteiger partial charge >= 0.3 is 5.97 Å². The van der Waals surface area contributed by atoms with E-state index in [-0.39, 0.29) is 5.97 Å². The van der Waals surface area contributed by atoms with Crippen LogP contribution in [0.3, 0.4) is 0 Å². The van der Waals surface area contributed by atoms with E-state index in [4.69, 9.17) is 14.2 Å². The van der Waals surface area contributed by atoms with E-state index < -0.39 is 0 Å². The van der Waals surface area contributed by atoms with Crippen molar-refractivity contribution in [2.24, 2.45) is 0 Å². The van der Waals surface area contributed by atoms with E-state index >= 15 is 0 Å². The van der Waals surface area contributed by atoms with Gasteiger partial charge in [-0.25, -0.2) is 4.79 Å². The van der Waals surface area contributed by atoms with Gasteiger partial charge in [-0.05, 0) is 18.2 Å². The Morgan fingerprint density at radius 2 is 2.00 bits per heavy atom. The Morgan fingerprint density at radius 1 is 1.18 bits per heavy atom. The van der Waals surface area contributed by atoms with Crippen LogP contribution in [-0.4, -0.2) is 20.2 Å². The van der Waals surface area contributed by atoms with Crippen LogP contribution in [0, 0.1) is 0 Å². The fourth-order valence-electron chi connectivity index (χ4n) is 1.59. The SMILES string of the molecule is COc1cccc(/C=C2/C=CC(=O)O2)c1OC. The lowest BCUT2D eigenvalue weighted by Gasteiger charge is -2.10. The topological polar surface area (TPSA) is 44.8 Å². The number of carbonyl (C=O) groups excluding carboxylic acids is 1. The molecule has 1 aliphatic rings. The molecule has 4 nitrogen and oxygen atoms in total. The number of methoxy groups -OCH3 is 2. The first-order valence-corrected chi connectivity index (χ1v) is 5.07. The molecular formula is C13H12O4. The van der Waals surface area contributed by atoms with E-state index in [0.29, 0.717) is 17.3 Å². The molecule has 0 unspecified atom stereocenters. The Morgan fingerprint density at radius 3 is 2.59 bits per heavy atom. The molecule has 0 fully saturated rings. The molecule has 0 aromatic heterocycles. The molecule has 0 saturated carbocycles. The summed E-state index contributed by atoms with van der Waals surface area (Å²) in [7, 11) is 3.14. The number of ether oxygens (including phenoxy) is 3. The van der Waals surface area contributed by atoms with Crippen molar-refractivity contribution in [2.75, 3.05) is 14.2 Å². The minimum Gasteiger partial charge on any atom is -0.493 e. The van der Waals surface area contributed by atoms with Crippen LogP contribution in [0.25, 0.3) is 6.08 Å². The molecule has 88 valence electrons. The van der Waals surface area contributed by atoms with Crippen LogP contribution in [0.1, 0.15) is 5.56 Å². The number of cyclic esters (lactones) is 1. The van der Waals surface area contributed by atoms with E-state index in [1.54, 1.807) is 32.4 Å². The van der Waals surface area contributed by atoms with Crippen molar-refractivity contribution in [3.63, 3.8) is 0 Å². The molecule has 0 atom stereocenters. The third kappa shape index (κ3) is 2.30. The summed E-state index contributed by atoms with van der Waals surface area (Å²) in [6.07, 6.45) is 4.71. The van der Waals surface area contributed by atoms with Gasteiger partial charge in [0, 0.05) is 11.6 Å². The second kappa shape index (κ2) is 4.74. The number of rotatable bonds is 3. The summed E-state index contributed by atoms with van der Waals surface area (Å²) in [6.45, 7) is 0. The maximum Gasteiger partial charge on any atom is 0.336 e. The van der Waals surface area contributed by atoms with Gasteiger partial charge in [-0.2, -0.15) is 0 Å². The summed E-state index contributed by atoms with van der Waals surface area (Å²) in [4.78, 5) is 10.9. The van der Waals surface area contributed by atoms with Crippen molar-refractivity contribution >= 4 is 12.0 Å². The minimum absolute atomic E-state index is 0.363. The molecule has 0 bridgehead atoms. The van der Waals surface area contributed by atoms with E-state index in [9.17, 15) is 4.79 Å². The lowest BCUT2D eigenvalue weighted by molar-refractivity contribution is -0.132. The lowest BCUT2D eigenvalue weighted by Crippen LogP contribution is -1.94. The summed E-state index contributed by atoms with van der Waals surface area (Å²) in [5, 5.41) is 0. The average Bonchev–Trinajstić information content (AvgIpc) is 2.74. The molecule has 0 amide bonds. The van der Waals surface area contributed by atoms with Gasteiger partial charge in [-0.3, -0.25) is 0 Å². The monoisotopic (exact) mass is 232 g/mol. The Kier molecular flexibility index (Phi) is 3.14. The zero-order valence-electron chi connectivity index (χ0n) is 9.60. The summed E-state index contributed by atoms with van der Waals surface area (Å²) < 4.78 is 15.4. The van der Waals surface area contributed by atoms with Crippen LogP contribution in [0.15, 0.2) is 36.1 Å². The van der Waals surface area contributed by atoms with Gasteiger partial charge in [0.1, 0.15) is 5.76 Å². The molecule has 2 rings (SSSR count). The van der Waals surface area contributed by atoms with Gasteiger partial charge < -0.3 is 14.2 Å². The number of hydrogen-bond acceptors (Lipinski definition) is 4. The Bertz CT molecular complexity index is 500. The van der Waals surface area contributed by atoms with E-state index in [0.717, 1.165) is 5.56 Å². The predicted octanol–water partition coefficient (Wildman–Crippen LogP) is 2.16. The van der Waals surface area contributed by atoms with Crippen LogP contribution in [0.4, 0.5) is 0 Å². The Hall–Kier alpha value is -2.23. The largest absolute Gasteiger partial charge is 0.493 e. The van der Waals surface area contributed by atoms with Gasteiger partial charge in [-0.15, -0.1) is 0 Å². The Balaban J connectivity index is 2.39. The third-order valence-corrected chi connectivity index (χ3v) is 2.33. The predicted molar refractivity (Wildman–Crippen MR) is 62.8 cm³/mol. The second-order valence-electron chi connectivity index (χ2n) is 3.38. The standard InChI is InChI=1S/C13H12O4/c1-15-11-5-3-4-9(13(11)16-2)8-10-6-7-12(14)17-10/h3-8H,1-2H3/b10-8-. The van der Waals surface area contributed by atoms with Crippen molar-refractivity contribution in [1.29, 1.82) is 0 Å². The molecule has 1 aromatic carbocycles. The summed E-state index contributed by atoms with van der Waals surface area (Å²) in [5.41, 5.74) is 0.793. The first kappa shape index (κ1) is 11.3. The number of esters is 1. The zero-order chi connectivity index (χ0) is 12.3. The normalized spacial score (nSPS) is 16.1. The highest BCUT2D eigenvalue weighted by Gasteiger charge is 2.12. The first-order valence-electron chi connectivity index (χ1n) is 5.07. The van der Waals surface area contributed by atoms with Crippen LogP contribution in [0.2, 0.25) is 0 Å². The molecule has 0 spiro atoms. The number of para-hydroxylation sites is 1. The van der Waals surface area contributed by atoms with Crippen LogP contribution >= 0.6 is 0 Å². The quantitative estimate of drug-likeness (QED) is 0.749. The molecule has 1 heterocycles. The van der Waals surface area contributed by atoms with Gasteiger partial charge in [0.05, 0.1) is 14.2 Å². The van der Waals surface area contributed by atoms with Gasteiger partial charge in [0.25, 0.3) is 0 Å². The van der Waals surface area contributed by atoms with Crippen molar-refractivity contribution in [3.05, 3.63) is 41.7 Å². The van der Waals surface area contributed by atoms with E-state index in [1.807, 2.05) is 12.1 Å². The van der Waals surface area contributed by atoms with Gasteiger partial charge in [-0.1, -0.05) is 12.1 Å². The molecule has 4 heteroatoms. The van der Waals surface area contributed by atoms with Crippen LogP contribution < -0.4 is 9.47 Å². The van der Waals surface area contributed by atoms with E-state index in [1.165, 1.54) is 6.08 Å². The Labute approximate surface area is 99.1 Å². The van der Waals surface area contributed by atoms with Crippen molar-refractivity contribution in [3.8, 4) is 11.5 Å². The minimum atomic E-state index is -0.363. The van der Waals surface area contributed by atoms with Crippen LogP contribution in [0.5, 0.6) is 11.5 Å². The third-order valence-electron chi connectivity index (χ3n) is 2.33. The summed E-state index contributed by atoms with van der Waals surface area (Å²) >= 11 is 0. The number of hydrogen-bond donors (Lipinski definition) is 0. The molecular weight excluding hydrogens is 220 g/mol. The first-order chi connectivity index (χ1) is 8.24. The molecule has 0 radical (unpaired) electrons. The van der Waals surface area contributed by atoms with Gasteiger partial charge in [0.15, 0.2) is 11.5 Å². The van der Waals surface area contributed by atoms with Crippen molar-refractivity contribution in [1.82, 2.24) is 0 Å². The highest BCUT2D eigenvalue weighted by molar-refractivity contribution is 5.88. The second-order valence-corrected chi connectivity index (χ2v) is 3.38. The molecule has 1 aliphatic heterocycles. The highest BCUT2D eigenvalue weighted by atomic mass is 16.5. The number of carbonyl (C=O) groups is 1. The van der Waals surface area contributed by atoms with E-state index in [2.05, 4.69) is 0 Å². The lowest BCUT2D eigenvalue weighted by atomic mass is 10.1. The van der Waals surface area contributed by atoms with Crippen LogP contribution in [-0.2, 0) is 9.53 Å².